The average Bonchev–Trinajstić information content (AvgIpc) is 2.47. The van der Waals surface area contributed by atoms with Gasteiger partial charge in [-0.25, -0.2) is 0 Å². The molecule has 0 aromatic carbocycles. The molecule has 0 aromatic heterocycles. The minimum atomic E-state index is -0.688. The largest absolute Gasteiger partial charge is 0.481 e. The van der Waals surface area contributed by atoms with Gasteiger partial charge in [-0.3, -0.25) is 9.59 Å². The number of piperidine rings is 2. The maximum Gasteiger partial charge on any atom is 0.309 e. The minimum Gasteiger partial charge on any atom is -0.481 e. The fraction of sp³-hybridized carbons (Fsp3) is 0.875. The first-order chi connectivity index (χ1) is 9.98. The Morgan fingerprint density at radius 3 is 2.52 bits per heavy atom. The molecule has 21 heavy (non-hydrogen) atoms. The van der Waals surface area contributed by atoms with Crippen LogP contribution in [0, 0.1) is 11.3 Å². The van der Waals surface area contributed by atoms with Crippen LogP contribution in [0.25, 0.3) is 0 Å². The summed E-state index contributed by atoms with van der Waals surface area (Å²) in [6.07, 6.45) is 4.60. The molecular formula is C16H28N2O3. The quantitative estimate of drug-likeness (QED) is 0.831. The summed E-state index contributed by atoms with van der Waals surface area (Å²) in [6, 6.07) is 0.399. The number of carboxylic acid groups (broad SMARTS) is 1. The maximum atomic E-state index is 12.6. The number of hydrogen-bond acceptors (Lipinski definition) is 3. The van der Waals surface area contributed by atoms with Crippen molar-refractivity contribution >= 4 is 11.9 Å². The van der Waals surface area contributed by atoms with Crippen LogP contribution in [0.15, 0.2) is 0 Å². The lowest BCUT2D eigenvalue weighted by Crippen LogP contribution is -2.50. The van der Waals surface area contributed by atoms with Crippen LogP contribution in [0.3, 0.4) is 0 Å². The molecule has 120 valence electrons. The van der Waals surface area contributed by atoms with E-state index >= 15 is 0 Å². The van der Waals surface area contributed by atoms with E-state index in [0.717, 1.165) is 32.2 Å². The third-order valence-electron chi connectivity index (χ3n) is 5.19. The lowest BCUT2D eigenvalue weighted by molar-refractivity contribution is -0.156. The van der Waals surface area contributed by atoms with Gasteiger partial charge < -0.3 is 15.3 Å². The summed E-state index contributed by atoms with van der Waals surface area (Å²) in [6.45, 7) is 6.25. The zero-order valence-electron chi connectivity index (χ0n) is 13.2. The third kappa shape index (κ3) is 3.57. The van der Waals surface area contributed by atoms with Crippen molar-refractivity contribution in [3.8, 4) is 0 Å². The van der Waals surface area contributed by atoms with Crippen molar-refractivity contribution < 1.29 is 14.7 Å². The molecule has 2 saturated heterocycles. The summed E-state index contributed by atoms with van der Waals surface area (Å²) in [5, 5.41) is 12.9. The zero-order chi connectivity index (χ0) is 15.5. The Morgan fingerprint density at radius 1 is 1.33 bits per heavy atom. The average molecular weight is 296 g/mol. The first-order valence-electron chi connectivity index (χ1n) is 8.24. The smallest absolute Gasteiger partial charge is 0.309 e. The molecule has 2 fully saturated rings. The maximum absolute atomic E-state index is 12.6. The fourth-order valence-electron chi connectivity index (χ4n) is 3.82. The molecule has 2 unspecified atom stereocenters. The van der Waals surface area contributed by atoms with Crippen LogP contribution in [-0.4, -0.2) is 47.6 Å². The summed E-state index contributed by atoms with van der Waals surface area (Å²) < 4.78 is 0. The lowest BCUT2D eigenvalue weighted by Gasteiger charge is -2.41. The Kier molecular flexibility index (Phi) is 5.25. The van der Waals surface area contributed by atoms with Crippen LogP contribution in [0.5, 0.6) is 0 Å². The van der Waals surface area contributed by atoms with Gasteiger partial charge in [0, 0.05) is 25.0 Å². The van der Waals surface area contributed by atoms with E-state index < -0.39 is 11.4 Å². The van der Waals surface area contributed by atoms with E-state index in [2.05, 4.69) is 12.2 Å². The second-order valence-corrected chi connectivity index (χ2v) is 6.74. The lowest BCUT2D eigenvalue weighted by atomic mass is 9.74. The van der Waals surface area contributed by atoms with Gasteiger partial charge in [0.1, 0.15) is 0 Å². The van der Waals surface area contributed by atoms with Crippen molar-refractivity contribution in [2.45, 2.75) is 58.4 Å². The van der Waals surface area contributed by atoms with Gasteiger partial charge in [-0.05, 0) is 45.6 Å². The third-order valence-corrected chi connectivity index (χ3v) is 5.19. The number of hydrogen-bond donors (Lipinski definition) is 2. The van der Waals surface area contributed by atoms with Crippen molar-refractivity contribution in [3.63, 3.8) is 0 Å². The van der Waals surface area contributed by atoms with E-state index in [-0.39, 0.29) is 11.8 Å². The minimum absolute atomic E-state index is 0.116. The summed E-state index contributed by atoms with van der Waals surface area (Å²) in [5.74, 6) is -0.337. The highest BCUT2D eigenvalue weighted by Crippen LogP contribution is 2.37. The van der Waals surface area contributed by atoms with E-state index in [0.29, 0.717) is 32.0 Å². The molecule has 1 amide bonds. The monoisotopic (exact) mass is 296 g/mol. The van der Waals surface area contributed by atoms with E-state index in [1.54, 1.807) is 0 Å². The molecule has 0 radical (unpaired) electrons. The Balaban J connectivity index is 1.93. The number of likely N-dealkylation sites (tertiary alicyclic amines) is 1. The second-order valence-electron chi connectivity index (χ2n) is 6.74. The number of carboxylic acids is 1. The number of nitrogens with zero attached hydrogens (tertiary/aromatic N) is 1. The van der Waals surface area contributed by atoms with Crippen molar-refractivity contribution in [2.24, 2.45) is 11.3 Å². The molecule has 5 nitrogen and oxygen atoms in total. The summed E-state index contributed by atoms with van der Waals surface area (Å²) in [4.78, 5) is 26.1. The van der Waals surface area contributed by atoms with Gasteiger partial charge in [0.25, 0.3) is 0 Å². The highest BCUT2D eigenvalue weighted by Gasteiger charge is 2.42. The highest BCUT2D eigenvalue weighted by molar-refractivity contribution is 5.80. The molecule has 0 spiro atoms. The first-order valence-corrected chi connectivity index (χ1v) is 8.24. The van der Waals surface area contributed by atoms with Crippen molar-refractivity contribution in [3.05, 3.63) is 0 Å². The molecule has 2 heterocycles. The van der Waals surface area contributed by atoms with E-state index in [1.807, 2.05) is 11.8 Å². The van der Waals surface area contributed by atoms with Gasteiger partial charge in [-0.2, -0.15) is 0 Å². The molecule has 2 N–H and O–H groups in total. The van der Waals surface area contributed by atoms with E-state index in [9.17, 15) is 14.7 Å². The molecule has 5 heteroatoms. The number of carbonyl (C=O) groups excluding carboxylic acids is 1. The van der Waals surface area contributed by atoms with E-state index in [4.69, 9.17) is 0 Å². The van der Waals surface area contributed by atoms with Crippen molar-refractivity contribution in [1.29, 1.82) is 0 Å². The van der Waals surface area contributed by atoms with Crippen LogP contribution in [0.4, 0.5) is 0 Å². The second kappa shape index (κ2) is 6.77. The number of carbonyl (C=O) groups is 2. The normalized spacial score (nSPS) is 29.1. The number of nitrogens with one attached hydrogen (secondary N) is 1. The molecular weight excluding hydrogens is 268 g/mol. The SMILES string of the molecule is CCCC1(C(=O)O)CCN(C(=O)C2CCNC(C)C2)CC1. The van der Waals surface area contributed by atoms with Gasteiger partial charge in [-0.1, -0.05) is 13.3 Å². The van der Waals surface area contributed by atoms with Gasteiger partial charge >= 0.3 is 5.97 Å². The predicted octanol–water partition coefficient (Wildman–Crippen LogP) is 1.87. The Morgan fingerprint density at radius 2 is 2.00 bits per heavy atom. The first kappa shape index (κ1) is 16.3. The summed E-state index contributed by atoms with van der Waals surface area (Å²) in [5.41, 5.74) is -0.604. The molecule has 0 aromatic rings. The Hall–Kier alpha value is -1.10. The fourth-order valence-corrected chi connectivity index (χ4v) is 3.82. The number of rotatable bonds is 4. The zero-order valence-corrected chi connectivity index (χ0v) is 13.2. The van der Waals surface area contributed by atoms with Crippen LogP contribution < -0.4 is 5.32 Å². The van der Waals surface area contributed by atoms with Crippen LogP contribution in [-0.2, 0) is 9.59 Å². The molecule has 2 aliphatic rings. The van der Waals surface area contributed by atoms with E-state index in [1.165, 1.54) is 0 Å². The van der Waals surface area contributed by atoms with Crippen LogP contribution >= 0.6 is 0 Å². The summed E-state index contributed by atoms with van der Waals surface area (Å²) in [7, 11) is 0. The Bertz CT molecular complexity index is 389. The molecule has 2 aliphatic heterocycles. The van der Waals surface area contributed by atoms with Gasteiger partial charge in [0.2, 0.25) is 5.91 Å². The van der Waals surface area contributed by atoms with Crippen LogP contribution in [0.1, 0.15) is 52.4 Å². The van der Waals surface area contributed by atoms with Gasteiger partial charge in [0.15, 0.2) is 0 Å². The van der Waals surface area contributed by atoms with Crippen molar-refractivity contribution in [2.75, 3.05) is 19.6 Å². The topological polar surface area (TPSA) is 69.6 Å². The number of aliphatic carboxylic acids is 1. The summed E-state index contributed by atoms with van der Waals surface area (Å²) >= 11 is 0. The van der Waals surface area contributed by atoms with Gasteiger partial charge in [-0.15, -0.1) is 0 Å². The molecule has 0 bridgehead atoms. The van der Waals surface area contributed by atoms with Crippen molar-refractivity contribution in [1.82, 2.24) is 10.2 Å². The molecule has 2 rings (SSSR count). The standard InChI is InChI=1S/C16H28N2O3/c1-3-5-16(15(20)21)6-9-18(10-7-16)14(19)13-4-8-17-12(2)11-13/h12-13,17H,3-11H2,1-2H3,(H,20,21). The molecule has 2 atom stereocenters. The van der Waals surface area contributed by atoms with Crippen LogP contribution in [0.2, 0.25) is 0 Å². The molecule has 0 saturated carbocycles. The molecule has 0 aliphatic carbocycles. The number of amides is 1. The predicted molar refractivity (Wildman–Crippen MR) is 81.0 cm³/mol. The highest BCUT2D eigenvalue weighted by atomic mass is 16.4. The Labute approximate surface area is 127 Å². The van der Waals surface area contributed by atoms with Gasteiger partial charge in [0.05, 0.1) is 5.41 Å².